The highest BCUT2D eigenvalue weighted by Gasteiger charge is 2.21. The van der Waals surface area contributed by atoms with Crippen molar-refractivity contribution in [1.29, 1.82) is 0 Å². The van der Waals surface area contributed by atoms with E-state index < -0.39 is 7.12 Å². The van der Waals surface area contributed by atoms with Crippen LogP contribution < -0.4 is 15.3 Å². The smallest absolute Gasteiger partial charge is 0.423 e. The lowest BCUT2D eigenvalue weighted by molar-refractivity contribution is 0.426. The van der Waals surface area contributed by atoms with Gasteiger partial charge in [-0.1, -0.05) is 72.8 Å². The molecule has 0 fully saturated rings. The molecule has 0 unspecified atom stereocenters. The van der Waals surface area contributed by atoms with Crippen LogP contribution in [0.25, 0.3) is 0 Å². The molecule has 0 aliphatic carbocycles. The Morgan fingerprint density at radius 3 is 0.914 bits per heavy atom. The van der Waals surface area contributed by atoms with Crippen LogP contribution in [0.3, 0.4) is 0 Å². The minimum atomic E-state index is -1.62. The first-order valence-electron chi connectivity index (χ1n) is 11.5. The number of para-hydroxylation sites is 4. The van der Waals surface area contributed by atoms with Gasteiger partial charge < -0.3 is 19.8 Å². The average Bonchev–Trinajstić information content (AvgIpc) is 2.91. The van der Waals surface area contributed by atoms with E-state index in [0.717, 1.165) is 34.1 Å². The standard InChI is InChI=1S/C30H25BN2O2/c34-31(35)24-21-29(32(25-13-5-1-6-14-25)26-15-7-2-8-16-26)23-30(22-24)33(27-17-9-3-10-18-27)28-19-11-4-12-20-28/h1-23,34-35H. The Kier molecular flexibility index (Phi) is 6.62. The molecule has 0 aromatic heterocycles. The molecule has 0 saturated carbocycles. The third kappa shape index (κ3) is 4.97. The molecule has 5 aromatic carbocycles. The summed E-state index contributed by atoms with van der Waals surface area (Å²) in [6, 6.07) is 46.0. The SMILES string of the molecule is OB(O)c1cc(N(c2ccccc2)c2ccccc2)cc(N(c2ccccc2)c2ccccc2)c1. The van der Waals surface area contributed by atoms with Gasteiger partial charge in [-0.25, -0.2) is 0 Å². The Balaban J connectivity index is 1.74. The normalized spacial score (nSPS) is 10.6. The van der Waals surface area contributed by atoms with Crippen LogP contribution in [0.2, 0.25) is 0 Å². The molecule has 0 heterocycles. The second-order valence-electron chi connectivity index (χ2n) is 8.17. The van der Waals surface area contributed by atoms with Crippen LogP contribution in [-0.2, 0) is 0 Å². The summed E-state index contributed by atoms with van der Waals surface area (Å²) in [7, 11) is -1.62. The second kappa shape index (κ2) is 10.3. The van der Waals surface area contributed by atoms with Crippen LogP contribution >= 0.6 is 0 Å². The van der Waals surface area contributed by atoms with Crippen LogP contribution in [0.1, 0.15) is 0 Å². The van der Waals surface area contributed by atoms with E-state index in [2.05, 4.69) is 15.9 Å². The fourth-order valence-corrected chi connectivity index (χ4v) is 4.23. The van der Waals surface area contributed by atoms with Gasteiger partial charge in [0.2, 0.25) is 0 Å². The van der Waals surface area contributed by atoms with Crippen LogP contribution in [0, 0.1) is 0 Å². The fourth-order valence-electron chi connectivity index (χ4n) is 4.23. The van der Waals surface area contributed by atoms with Crippen molar-refractivity contribution in [3.05, 3.63) is 140 Å². The van der Waals surface area contributed by atoms with Gasteiger partial charge in [-0.3, -0.25) is 0 Å². The molecule has 5 heteroatoms. The Labute approximate surface area is 206 Å². The quantitative estimate of drug-likeness (QED) is 0.282. The molecule has 0 saturated heterocycles. The van der Waals surface area contributed by atoms with E-state index in [0.29, 0.717) is 5.46 Å². The third-order valence-electron chi connectivity index (χ3n) is 5.80. The van der Waals surface area contributed by atoms with Gasteiger partial charge in [0.15, 0.2) is 0 Å². The fraction of sp³-hybridized carbons (Fsp3) is 0. The lowest BCUT2D eigenvalue weighted by Gasteiger charge is -2.30. The van der Waals surface area contributed by atoms with Gasteiger partial charge in [-0.05, 0) is 72.2 Å². The number of rotatable bonds is 7. The third-order valence-corrected chi connectivity index (χ3v) is 5.80. The van der Waals surface area contributed by atoms with Crippen LogP contribution in [0.4, 0.5) is 34.1 Å². The van der Waals surface area contributed by atoms with Gasteiger partial charge in [0, 0.05) is 34.1 Å². The van der Waals surface area contributed by atoms with E-state index in [9.17, 15) is 10.0 Å². The second-order valence-corrected chi connectivity index (χ2v) is 8.17. The Morgan fingerprint density at radius 1 is 0.371 bits per heavy atom. The van der Waals surface area contributed by atoms with E-state index in [-0.39, 0.29) is 0 Å². The number of anilines is 6. The van der Waals surface area contributed by atoms with Gasteiger partial charge in [0.05, 0.1) is 0 Å². The molecule has 0 radical (unpaired) electrons. The van der Waals surface area contributed by atoms with Crippen molar-refractivity contribution in [3.8, 4) is 0 Å². The predicted octanol–water partition coefficient (Wildman–Crippen LogP) is 6.31. The lowest BCUT2D eigenvalue weighted by atomic mass is 9.79. The molecule has 0 amide bonds. The number of hydrogen-bond donors (Lipinski definition) is 2. The molecule has 0 atom stereocenters. The highest BCUT2D eigenvalue weighted by atomic mass is 16.4. The summed E-state index contributed by atoms with van der Waals surface area (Å²) in [5.74, 6) is 0. The topological polar surface area (TPSA) is 46.9 Å². The number of benzene rings is 5. The summed E-state index contributed by atoms with van der Waals surface area (Å²) < 4.78 is 0. The molecular weight excluding hydrogens is 431 g/mol. The van der Waals surface area contributed by atoms with Crippen molar-refractivity contribution in [2.24, 2.45) is 0 Å². The maximum Gasteiger partial charge on any atom is 0.488 e. The summed E-state index contributed by atoms with van der Waals surface area (Å²) in [6.07, 6.45) is 0. The summed E-state index contributed by atoms with van der Waals surface area (Å²) in [6.45, 7) is 0. The molecular formula is C30H25BN2O2. The maximum absolute atomic E-state index is 10.2. The van der Waals surface area contributed by atoms with E-state index in [1.54, 1.807) is 0 Å². The van der Waals surface area contributed by atoms with Crippen LogP contribution in [0.5, 0.6) is 0 Å². The van der Waals surface area contributed by atoms with Gasteiger partial charge in [0.1, 0.15) is 0 Å². The molecule has 0 spiro atoms. The van der Waals surface area contributed by atoms with Crippen molar-refractivity contribution >= 4 is 46.7 Å². The molecule has 5 rings (SSSR count). The molecule has 35 heavy (non-hydrogen) atoms. The first kappa shape index (κ1) is 22.5. The van der Waals surface area contributed by atoms with Gasteiger partial charge >= 0.3 is 7.12 Å². The van der Waals surface area contributed by atoms with Crippen molar-refractivity contribution in [2.45, 2.75) is 0 Å². The van der Waals surface area contributed by atoms with Crippen molar-refractivity contribution in [3.63, 3.8) is 0 Å². The summed E-state index contributed by atoms with van der Waals surface area (Å²) >= 11 is 0. The van der Waals surface area contributed by atoms with Crippen LogP contribution in [0.15, 0.2) is 140 Å². The average molecular weight is 456 g/mol. The molecule has 0 aliphatic heterocycles. The summed E-state index contributed by atoms with van der Waals surface area (Å²) in [4.78, 5) is 4.23. The Bertz CT molecular complexity index is 1190. The van der Waals surface area contributed by atoms with Gasteiger partial charge in [0.25, 0.3) is 0 Å². The number of nitrogens with zero attached hydrogens (tertiary/aromatic N) is 2. The zero-order chi connectivity index (χ0) is 24.0. The largest absolute Gasteiger partial charge is 0.488 e. The zero-order valence-electron chi connectivity index (χ0n) is 19.1. The van der Waals surface area contributed by atoms with Gasteiger partial charge in [-0.15, -0.1) is 0 Å². The first-order valence-corrected chi connectivity index (χ1v) is 11.5. The maximum atomic E-state index is 10.2. The highest BCUT2D eigenvalue weighted by molar-refractivity contribution is 6.59. The minimum Gasteiger partial charge on any atom is -0.423 e. The lowest BCUT2D eigenvalue weighted by Crippen LogP contribution is -2.31. The minimum absolute atomic E-state index is 0.409. The monoisotopic (exact) mass is 456 g/mol. The first-order chi connectivity index (χ1) is 17.2. The molecule has 5 aromatic rings. The van der Waals surface area contributed by atoms with E-state index in [1.165, 1.54) is 0 Å². The molecule has 2 N–H and O–H groups in total. The Hall–Kier alpha value is -4.32. The number of hydrogen-bond acceptors (Lipinski definition) is 4. The summed E-state index contributed by atoms with van der Waals surface area (Å²) in [5, 5.41) is 20.5. The van der Waals surface area contributed by atoms with E-state index >= 15 is 0 Å². The van der Waals surface area contributed by atoms with Crippen LogP contribution in [-0.4, -0.2) is 17.2 Å². The van der Waals surface area contributed by atoms with E-state index in [4.69, 9.17) is 0 Å². The predicted molar refractivity (Wildman–Crippen MR) is 146 cm³/mol. The van der Waals surface area contributed by atoms with Gasteiger partial charge in [-0.2, -0.15) is 0 Å². The molecule has 0 bridgehead atoms. The van der Waals surface area contributed by atoms with Crippen molar-refractivity contribution in [2.75, 3.05) is 9.80 Å². The summed E-state index contributed by atoms with van der Waals surface area (Å²) in [5.41, 5.74) is 5.94. The van der Waals surface area contributed by atoms with Crippen molar-refractivity contribution in [1.82, 2.24) is 0 Å². The molecule has 0 aliphatic rings. The van der Waals surface area contributed by atoms with Crippen molar-refractivity contribution < 1.29 is 10.0 Å². The Morgan fingerprint density at radius 2 is 0.657 bits per heavy atom. The van der Waals surface area contributed by atoms with E-state index in [1.807, 2.05) is 133 Å². The molecule has 4 nitrogen and oxygen atoms in total. The highest BCUT2D eigenvalue weighted by Crippen LogP contribution is 2.39. The molecule has 170 valence electrons. The zero-order valence-corrected chi connectivity index (χ0v) is 19.1.